The van der Waals surface area contributed by atoms with Crippen LogP contribution in [0.1, 0.15) is 16.6 Å². The van der Waals surface area contributed by atoms with Crippen LogP contribution < -0.4 is 14.3 Å². The first-order chi connectivity index (χ1) is 14.0. The molecule has 0 aliphatic carbocycles. The molecule has 0 atom stereocenters. The van der Waals surface area contributed by atoms with E-state index < -0.39 is 16.8 Å². The average Bonchev–Trinajstić information content (AvgIpc) is 3.39. The molecule has 0 fully saturated rings. The molecule has 29 heavy (non-hydrogen) atoms. The molecule has 0 bridgehead atoms. The smallest absolute Gasteiger partial charge is 0.326 e. The zero-order valence-corrected chi connectivity index (χ0v) is 16.6. The molecule has 4 rings (SSSR count). The highest BCUT2D eigenvalue weighted by Crippen LogP contribution is 2.37. The van der Waals surface area contributed by atoms with E-state index in [2.05, 4.69) is 4.99 Å². The van der Waals surface area contributed by atoms with Gasteiger partial charge in [0.25, 0.3) is 5.91 Å². The highest BCUT2D eigenvalue weighted by atomic mass is 32.1. The number of fused-ring (bicyclic) bond motifs is 2. The van der Waals surface area contributed by atoms with Gasteiger partial charge in [0.15, 0.2) is 16.3 Å². The number of benzene rings is 1. The van der Waals surface area contributed by atoms with Crippen LogP contribution in [-0.4, -0.2) is 34.8 Å². The number of nitro groups is 1. The van der Waals surface area contributed by atoms with Crippen molar-refractivity contribution in [3.05, 3.63) is 44.1 Å². The third kappa shape index (κ3) is 3.71. The number of carbonyl (C=O) groups excluding carboxylic acids is 2. The number of esters is 1. The fraction of sp³-hybridized carbons (Fsp3) is 0.235. The first-order valence-electron chi connectivity index (χ1n) is 8.38. The van der Waals surface area contributed by atoms with E-state index in [0.29, 0.717) is 17.0 Å². The molecular weight excluding hydrogens is 422 g/mol. The Labute approximate surface area is 170 Å². The second kappa shape index (κ2) is 7.64. The lowest BCUT2D eigenvalue weighted by Gasteiger charge is -2.05. The van der Waals surface area contributed by atoms with E-state index in [9.17, 15) is 19.7 Å². The van der Waals surface area contributed by atoms with Crippen LogP contribution in [0.4, 0.5) is 5.00 Å². The van der Waals surface area contributed by atoms with Gasteiger partial charge in [0.1, 0.15) is 11.4 Å². The predicted octanol–water partition coefficient (Wildman–Crippen LogP) is 2.71. The van der Waals surface area contributed by atoms with Gasteiger partial charge in [0.2, 0.25) is 6.79 Å². The molecular formula is C17H13N3O7S2. The Hall–Kier alpha value is -3.25. The lowest BCUT2D eigenvalue weighted by Crippen LogP contribution is -2.23. The van der Waals surface area contributed by atoms with Crippen molar-refractivity contribution in [2.75, 3.05) is 13.4 Å². The van der Waals surface area contributed by atoms with E-state index >= 15 is 0 Å². The van der Waals surface area contributed by atoms with E-state index in [1.54, 1.807) is 23.6 Å². The maximum Gasteiger partial charge on any atom is 0.326 e. The Morgan fingerprint density at radius 1 is 1.28 bits per heavy atom. The molecule has 0 radical (unpaired) electrons. The summed E-state index contributed by atoms with van der Waals surface area (Å²) in [6.45, 7) is 1.88. The molecule has 10 nitrogen and oxygen atoms in total. The molecule has 0 spiro atoms. The van der Waals surface area contributed by atoms with E-state index in [1.807, 2.05) is 0 Å². The van der Waals surface area contributed by atoms with E-state index in [4.69, 9.17) is 14.2 Å². The summed E-state index contributed by atoms with van der Waals surface area (Å²) in [6.07, 6.45) is 0. The minimum atomic E-state index is -0.632. The second-order valence-corrected chi connectivity index (χ2v) is 7.83. The van der Waals surface area contributed by atoms with Gasteiger partial charge in [-0.15, -0.1) is 0 Å². The van der Waals surface area contributed by atoms with E-state index in [-0.39, 0.29) is 34.6 Å². The van der Waals surface area contributed by atoms with Crippen molar-refractivity contribution < 1.29 is 28.7 Å². The number of carbonyl (C=O) groups is 2. The third-order valence-corrected chi connectivity index (χ3v) is 6.02. The minimum Gasteiger partial charge on any atom is -0.465 e. The molecule has 0 saturated carbocycles. The number of rotatable bonds is 5. The van der Waals surface area contributed by atoms with Gasteiger partial charge in [-0.2, -0.15) is 4.99 Å². The summed E-state index contributed by atoms with van der Waals surface area (Å²) in [4.78, 5) is 39.4. The van der Waals surface area contributed by atoms with E-state index in [0.717, 1.165) is 16.0 Å². The topological polar surface area (TPSA) is 122 Å². The lowest BCUT2D eigenvalue weighted by molar-refractivity contribution is -0.380. The number of ether oxygens (including phenoxy) is 3. The highest BCUT2D eigenvalue weighted by molar-refractivity contribution is 7.17. The van der Waals surface area contributed by atoms with Crippen LogP contribution in [-0.2, 0) is 16.1 Å². The molecule has 1 amide bonds. The molecule has 3 aromatic rings. The van der Waals surface area contributed by atoms with Crippen molar-refractivity contribution in [3.8, 4) is 11.5 Å². The first kappa shape index (κ1) is 19.1. The maximum atomic E-state index is 12.5. The highest BCUT2D eigenvalue weighted by Gasteiger charge is 2.20. The summed E-state index contributed by atoms with van der Waals surface area (Å²) in [6, 6.07) is 6.08. The fourth-order valence-electron chi connectivity index (χ4n) is 2.72. The molecule has 3 heterocycles. The van der Waals surface area contributed by atoms with Crippen molar-refractivity contribution in [2.24, 2.45) is 4.99 Å². The standard InChI is InChI=1S/C17H13N3O7S2/c1-2-25-15(21)7-19-9-5-10-11(27-8-26-10)6-13(9)29-17(19)18-16(22)12-3-4-14(28-12)20(23)24/h3-6H,2,7-8H2,1H3. The molecule has 0 N–H and O–H groups in total. The number of amides is 1. The van der Waals surface area contributed by atoms with Gasteiger partial charge in [-0.1, -0.05) is 22.7 Å². The summed E-state index contributed by atoms with van der Waals surface area (Å²) in [5.41, 5.74) is 0.635. The second-order valence-electron chi connectivity index (χ2n) is 5.76. The number of hydrogen-bond donors (Lipinski definition) is 0. The average molecular weight is 435 g/mol. The Balaban J connectivity index is 1.81. The zero-order valence-electron chi connectivity index (χ0n) is 14.9. The van der Waals surface area contributed by atoms with Crippen LogP contribution in [0.5, 0.6) is 11.5 Å². The number of aromatic nitrogens is 1. The third-order valence-electron chi connectivity index (χ3n) is 3.95. The van der Waals surface area contributed by atoms with Gasteiger partial charge in [0, 0.05) is 18.2 Å². The van der Waals surface area contributed by atoms with Gasteiger partial charge in [-0.25, -0.2) is 0 Å². The Morgan fingerprint density at radius 3 is 2.72 bits per heavy atom. The quantitative estimate of drug-likeness (QED) is 0.343. The van der Waals surface area contributed by atoms with Crippen molar-refractivity contribution >= 4 is 49.8 Å². The Morgan fingerprint density at radius 2 is 2.03 bits per heavy atom. The van der Waals surface area contributed by atoms with E-state index in [1.165, 1.54) is 23.5 Å². The SMILES string of the molecule is CCOC(=O)Cn1c(=NC(=O)c2ccc([N+](=O)[O-])s2)sc2cc3c(cc21)OCO3. The van der Waals surface area contributed by atoms with Gasteiger partial charge < -0.3 is 18.8 Å². The van der Waals surface area contributed by atoms with Gasteiger partial charge >= 0.3 is 11.0 Å². The summed E-state index contributed by atoms with van der Waals surface area (Å²) >= 11 is 1.93. The molecule has 12 heteroatoms. The molecule has 0 saturated heterocycles. The Kier molecular flexibility index (Phi) is 5.03. The molecule has 1 aromatic carbocycles. The Bertz CT molecular complexity index is 1210. The van der Waals surface area contributed by atoms with Gasteiger partial charge in [0.05, 0.1) is 21.7 Å². The van der Waals surface area contributed by atoms with Crippen molar-refractivity contribution in [1.82, 2.24) is 4.57 Å². The maximum absolute atomic E-state index is 12.5. The number of nitrogens with zero attached hydrogens (tertiary/aromatic N) is 3. The predicted molar refractivity (Wildman–Crippen MR) is 103 cm³/mol. The van der Waals surface area contributed by atoms with Crippen molar-refractivity contribution in [2.45, 2.75) is 13.5 Å². The van der Waals surface area contributed by atoms with Crippen LogP contribution in [0.15, 0.2) is 29.3 Å². The van der Waals surface area contributed by atoms with Crippen molar-refractivity contribution in [3.63, 3.8) is 0 Å². The summed E-state index contributed by atoms with van der Waals surface area (Å²) in [7, 11) is 0. The van der Waals surface area contributed by atoms with Crippen LogP contribution in [0, 0.1) is 10.1 Å². The zero-order chi connectivity index (χ0) is 20.5. The van der Waals surface area contributed by atoms with Crippen LogP contribution in [0.25, 0.3) is 10.2 Å². The monoisotopic (exact) mass is 435 g/mol. The normalized spacial score (nSPS) is 13.1. The summed E-state index contributed by atoms with van der Waals surface area (Å²) in [5.74, 6) is -0.0220. The van der Waals surface area contributed by atoms with Crippen LogP contribution in [0.3, 0.4) is 0 Å². The van der Waals surface area contributed by atoms with Crippen LogP contribution >= 0.6 is 22.7 Å². The summed E-state index contributed by atoms with van der Waals surface area (Å²) < 4.78 is 18.1. The first-order valence-corrected chi connectivity index (χ1v) is 10.0. The molecule has 1 aliphatic rings. The lowest BCUT2D eigenvalue weighted by atomic mass is 10.3. The molecule has 150 valence electrons. The largest absolute Gasteiger partial charge is 0.465 e. The molecule has 2 aromatic heterocycles. The fourth-order valence-corrected chi connectivity index (χ4v) is 4.46. The van der Waals surface area contributed by atoms with Gasteiger partial charge in [-0.3, -0.25) is 19.7 Å². The molecule has 0 unspecified atom stereocenters. The van der Waals surface area contributed by atoms with Crippen LogP contribution in [0.2, 0.25) is 0 Å². The number of hydrogen-bond acceptors (Lipinski definition) is 9. The van der Waals surface area contributed by atoms with Crippen molar-refractivity contribution in [1.29, 1.82) is 0 Å². The number of thiophene rings is 1. The number of thiazole rings is 1. The molecule has 1 aliphatic heterocycles. The summed E-state index contributed by atoms with van der Waals surface area (Å²) in [5, 5.41) is 10.7. The minimum absolute atomic E-state index is 0.108. The van der Waals surface area contributed by atoms with Gasteiger partial charge in [-0.05, 0) is 13.0 Å².